The molecule has 0 saturated carbocycles. The number of fused-ring (bicyclic) bond motifs is 6. The average Bonchev–Trinajstić information content (AvgIpc) is 3.95. The second-order valence-electron chi connectivity index (χ2n) is 16.0. The Balaban J connectivity index is 1.08. The molecule has 10 aromatic carbocycles. The van der Waals surface area contributed by atoms with E-state index in [0.717, 1.165) is 100 Å². The van der Waals surface area contributed by atoms with Gasteiger partial charge in [-0.3, -0.25) is 0 Å². The molecule has 12 rings (SSSR count). The second kappa shape index (κ2) is 15.7. The van der Waals surface area contributed by atoms with Gasteiger partial charge in [-0.1, -0.05) is 182 Å². The van der Waals surface area contributed by atoms with Gasteiger partial charge in [0.2, 0.25) is 0 Å². The molecule has 64 heavy (non-hydrogen) atoms. The van der Waals surface area contributed by atoms with E-state index in [1.807, 2.05) is 24.3 Å². The maximum atomic E-state index is 6.77. The largest absolute Gasteiger partial charge is 0.454 e. The van der Waals surface area contributed by atoms with Crippen molar-refractivity contribution in [1.29, 1.82) is 0 Å². The lowest BCUT2D eigenvalue weighted by Gasteiger charge is -2.31. The molecule has 0 aliphatic carbocycles. The number of rotatable bonds is 9. The normalized spacial score (nSPS) is 11.4. The van der Waals surface area contributed by atoms with E-state index in [1.54, 1.807) is 0 Å². The predicted molar refractivity (Wildman–Crippen MR) is 267 cm³/mol. The summed E-state index contributed by atoms with van der Waals surface area (Å²) in [5.41, 5.74) is 16.1. The smallest absolute Gasteiger partial charge is 0.159 e. The third kappa shape index (κ3) is 6.40. The Morgan fingerprint density at radius 3 is 1.00 bits per heavy atom. The maximum absolute atomic E-state index is 6.77. The van der Waals surface area contributed by atoms with E-state index in [9.17, 15) is 0 Å². The minimum atomic E-state index is 0.829. The highest BCUT2D eigenvalue weighted by Gasteiger charge is 2.26. The maximum Gasteiger partial charge on any atom is 0.159 e. The molecular weight excluding hydrogens is 781 g/mol. The molecule has 0 bridgehead atoms. The van der Waals surface area contributed by atoms with Crippen molar-refractivity contribution in [1.82, 2.24) is 0 Å². The van der Waals surface area contributed by atoms with Gasteiger partial charge in [-0.05, 0) is 82.9 Å². The van der Waals surface area contributed by atoms with Crippen LogP contribution in [0.5, 0.6) is 0 Å². The number of hydrogen-bond acceptors (Lipinski definition) is 4. The first-order chi connectivity index (χ1) is 31.8. The van der Waals surface area contributed by atoms with E-state index in [0.29, 0.717) is 0 Å². The van der Waals surface area contributed by atoms with Gasteiger partial charge in [0.15, 0.2) is 11.2 Å². The Labute approximate surface area is 371 Å². The number of anilines is 6. The summed E-state index contributed by atoms with van der Waals surface area (Å²) < 4.78 is 13.5. The fourth-order valence-corrected chi connectivity index (χ4v) is 9.29. The summed E-state index contributed by atoms with van der Waals surface area (Å²) in [5, 5.41) is 4.32. The third-order valence-corrected chi connectivity index (χ3v) is 12.3. The van der Waals surface area contributed by atoms with Gasteiger partial charge < -0.3 is 18.6 Å². The molecule has 0 saturated heterocycles. The molecule has 0 aliphatic heterocycles. The van der Waals surface area contributed by atoms with Crippen molar-refractivity contribution in [3.63, 3.8) is 0 Å². The molecule has 0 N–H and O–H groups in total. The predicted octanol–water partition coefficient (Wildman–Crippen LogP) is 17.4. The van der Waals surface area contributed by atoms with Gasteiger partial charge in [-0.15, -0.1) is 0 Å². The SMILES string of the molecule is c1ccc(-c2ccc(N(c3ccccc3-c3ccccc3N(c3ccc(-c4ccccc4)cc3)c3cccc4c3oc3ccccc34)c3cccc4c3oc3ccccc34)cc2)cc1. The molecule has 0 aliphatic rings. The Morgan fingerprint density at radius 2 is 0.562 bits per heavy atom. The first kappa shape index (κ1) is 37.2. The lowest BCUT2D eigenvalue weighted by molar-refractivity contribution is 0.668. The summed E-state index contributed by atoms with van der Waals surface area (Å²) in [6, 6.07) is 85.7. The molecule has 0 unspecified atom stereocenters. The van der Waals surface area contributed by atoms with Gasteiger partial charge in [0.1, 0.15) is 11.2 Å². The number of para-hydroxylation sites is 6. The highest BCUT2D eigenvalue weighted by atomic mass is 16.3. The molecule has 4 nitrogen and oxygen atoms in total. The van der Waals surface area contributed by atoms with Crippen LogP contribution in [0.1, 0.15) is 0 Å². The van der Waals surface area contributed by atoms with Gasteiger partial charge in [0.25, 0.3) is 0 Å². The summed E-state index contributed by atoms with van der Waals surface area (Å²) in [6.45, 7) is 0. The van der Waals surface area contributed by atoms with Crippen LogP contribution >= 0.6 is 0 Å². The summed E-state index contributed by atoms with van der Waals surface area (Å²) in [5.74, 6) is 0. The van der Waals surface area contributed by atoms with E-state index >= 15 is 0 Å². The number of furan rings is 2. The van der Waals surface area contributed by atoms with Gasteiger partial charge in [-0.2, -0.15) is 0 Å². The van der Waals surface area contributed by atoms with Crippen LogP contribution in [0.25, 0.3) is 77.3 Å². The molecular formula is C60H40N2O2. The Bertz CT molecular complexity index is 3370. The van der Waals surface area contributed by atoms with Crippen LogP contribution in [0.3, 0.4) is 0 Å². The van der Waals surface area contributed by atoms with Crippen molar-refractivity contribution in [2.24, 2.45) is 0 Å². The molecule has 12 aromatic rings. The van der Waals surface area contributed by atoms with Gasteiger partial charge >= 0.3 is 0 Å². The van der Waals surface area contributed by atoms with Crippen molar-refractivity contribution in [2.75, 3.05) is 9.80 Å². The van der Waals surface area contributed by atoms with Gasteiger partial charge in [0, 0.05) is 44.0 Å². The van der Waals surface area contributed by atoms with Crippen LogP contribution in [0.4, 0.5) is 34.1 Å². The van der Waals surface area contributed by atoms with Crippen molar-refractivity contribution in [3.8, 4) is 33.4 Å². The van der Waals surface area contributed by atoms with Crippen LogP contribution in [0, 0.1) is 0 Å². The zero-order chi connectivity index (χ0) is 42.4. The summed E-state index contributed by atoms with van der Waals surface area (Å²) in [4.78, 5) is 4.70. The minimum Gasteiger partial charge on any atom is -0.454 e. The minimum absolute atomic E-state index is 0.829. The Kier molecular flexibility index (Phi) is 9.12. The topological polar surface area (TPSA) is 32.8 Å². The highest BCUT2D eigenvalue weighted by molar-refractivity contribution is 6.12. The fraction of sp³-hybridized carbons (Fsp3) is 0. The quantitative estimate of drug-likeness (QED) is 0.145. The van der Waals surface area contributed by atoms with Crippen LogP contribution < -0.4 is 9.80 Å². The Morgan fingerprint density at radius 1 is 0.234 bits per heavy atom. The average molecular weight is 821 g/mol. The zero-order valence-electron chi connectivity index (χ0n) is 34.8. The van der Waals surface area contributed by atoms with Crippen molar-refractivity contribution in [3.05, 3.63) is 243 Å². The van der Waals surface area contributed by atoms with E-state index < -0.39 is 0 Å². The molecule has 0 atom stereocenters. The highest BCUT2D eigenvalue weighted by Crippen LogP contribution is 2.50. The number of nitrogens with zero attached hydrogens (tertiary/aromatic N) is 2. The van der Waals surface area contributed by atoms with Crippen LogP contribution in [-0.2, 0) is 0 Å². The fourth-order valence-electron chi connectivity index (χ4n) is 9.29. The van der Waals surface area contributed by atoms with Crippen LogP contribution in [-0.4, -0.2) is 0 Å². The molecule has 0 amide bonds. The lowest BCUT2D eigenvalue weighted by Crippen LogP contribution is -2.14. The Hall–Kier alpha value is -8.60. The van der Waals surface area contributed by atoms with Gasteiger partial charge in [-0.25, -0.2) is 0 Å². The molecule has 0 spiro atoms. The zero-order valence-corrected chi connectivity index (χ0v) is 34.8. The van der Waals surface area contributed by atoms with Crippen molar-refractivity contribution < 1.29 is 8.83 Å². The van der Waals surface area contributed by atoms with Gasteiger partial charge in [0.05, 0.1) is 22.7 Å². The second-order valence-corrected chi connectivity index (χ2v) is 16.0. The summed E-state index contributed by atoms with van der Waals surface area (Å²) >= 11 is 0. The van der Waals surface area contributed by atoms with E-state index in [1.165, 1.54) is 11.1 Å². The van der Waals surface area contributed by atoms with Crippen LogP contribution in [0.15, 0.2) is 251 Å². The van der Waals surface area contributed by atoms with Crippen molar-refractivity contribution >= 4 is 78.0 Å². The van der Waals surface area contributed by atoms with E-state index in [2.05, 4.69) is 228 Å². The summed E-state index contributed by atoms with van der Waals surface area (Å²) in [6.07, 6.45) is 0. The summed E-state index contributed by atoms with van der Waals surface area (Å²) in [7, 11) is 0. The van der Waals surface area contributed by atoms with Crippen molar-refractivity contribution in [2.45, 2.75) is 0 Å². The first-order valence-electron chi connectivity index (χ1n) is 21.7. The van der Waals surface area contributed by atoms with Crippen LogP contribution in [0.2, 0.25) is 0 Å². The first-order valence-corrected chi connectivity index (χ1v) is 21.7. The monoisotopic (exact) mass is 820 g/mol. The molecule has 0 fully saturated rings. The molecule has 302 valence electrons. The molecule has 2 heterocycles. The lowest BCUT2D eigenvalue weighted by atomic mass is 9.97. The van der Waals surface area contributed by atoms with E-state index in [-0.39, 0.29) is 0 Å². The van der Waals surface area contributed by atoms with E-state index in [4.69, 9.17) is 8.83 Å². The molecule has 2 aromatic heterocycles. The standard InChI is InChI=1S/C60H40N2O2/c1-3-17-41(18-4-1)43-33-37-45(38-34-43)61(55-29-15-25-51-49-23-9-13-31-57(49)63-59(51)55)53-27-11-7-21-47(53)48-22-8-12-28-54(48)62(46-39-35-44(36-40-46)42-19-5-2-6-20-42)56-30-16-26-52-50-24-10-14-32-58(50)64-60(52)56/h1-40H. The number of hydrogen-bond donors (Lipinski definition) is 0. The third-order valence-electron chi connectivity index (χ3n) is 12.3. The number of benzene rings is 10. The molecule has 4 heteroatoms. The molecule has 0 radical (unpaired) electrons.